The third kappa shape index (κ3) is 5.42. The van der Waals surface area contributed by atoms with Crippen molar-refractivity contribution in [1.82, 2.24) is 10.6 Å². The first-order chi connectivity index (χ1) is 11.8. The highest BCUT2D eigenvalue weighted by Crippen LogP contribution is 2.30. The first kappa shape index (κ1) is 19.2. The zero-order valence-electron chi connectivity index (χ0n) is 13.6. The number of carboxylic acids is 1. The minimum Gasteiger partial charge on any atom is -0.481 e. The molecule has 1 heterocycles. The van der Waals surface area contributed by atoms with Crippen LogP contribution in [-0.2, 0) is 20.9 Å². The molecule has 8 heteroatoms. The van der Waals surface area contributed by atoms with Gasteiger partial charge in [0.05, 0.1) is 0 Å². The van der Waals surface area contributed by atoms with Gasteiger partial charge < -0.3 is 15.7 Å². The molecule has 3 N–H and O–H groups in total. The number of rotatable bonds is 8. The first-order valence-electron chi connectivity index (χ1n) is 8.04. The number of nitrogens with one attached hydrogen (secondary N) is 2. The lowest BCUT2D eigenvalue weighted by Crippen LogP contribution is -2.43. The average Bonchev–Trinajstić information content (AvgIpc) is 2.92. The number of carbonyl (C=O) groups excluding carboxylic acids is 2. The maximum Gasteiger partial charge on any atom is 0.303 e. The molecule has 1 fully saturated rings. The predicted octanol–water partition coefficient (Wildman–Crippen LogP) is 2.39. The van der Waals surface area contributed by atoms with E-state index >= 15 is 0 Å². The Balaban J connectivity index is 1.88. The van der Waals surface area contributed by atoms with Gasteiger partial charge in [-0.05, 0) is 31.4 Å². The highest BCUT2D eigenvalue weighted by Gasteiger charge is 2.37. The molecule has 0 saturated carbocycles. The van der Waals surface area contributed by atoms with Gasteiger partial charge in [0.1, 0.15) is 5.82 Å². The van der Waals surface area contributed by atoms with Crippen molar-refractivity contribution >= 4 is 29.4 Å². The average molecular weight is 371 g/mol. The van der Waals surface area contributed by atoms with E-state index in [0.29, 0.717) is 19.3 Å². The molecule has 1 unspecified atom stereocenters. The number of aliphatic carboxylic acids is 1. The Bertz CT molecular complexity index is 662. The van der Waals surface area contributed by atoms with Crippen molar-refractivity contribution in [2.75, 3.05) is 0 Å². The summed E-state index contributed by atoms with van der Waals surface area (Å²) < 4.78 is 13.7. The largest absolute Gasteiger partial charge is 0.481 e. The molecule has 0 spiro atoms. The molecule has 1 aromatic rings. The van der Waals surface area contributed by atoms with Crippen LogP contribution < -0.4 is 10.6 Å². The van der Waals surface area contributed by atoms with Crippen LogP contribution in [0.1, 0.15) is 44.1 Å². The van der Waals surface area contributed by atoms with Gasteiger partial charge in [0.15, 0.2) is 0 Å². The third-order valence-electron chi connectivity index (χ3n) is 4.41. The number of amides is 2. The van der Waals surface area contributed by atoms with Gasteiger partial charge in [0.2, 0.25) is 11.8 Å². The fourth-order valence-corrected chi connectivity index (χ4v) is 3.18. The summed E-state index contributed by atoms with van der Waals surface area (Å²) in [7, 11) is 0. The molecule has 0 bridgehead atoms. The second kappa shape index (κ2) is 8.29. The van der Waals surface area contributed by atoms with Gasteiger partial charge in [-0.25, -0.2) is 4.39 Å². The Hall–Kier alpha value is -2.15. The molecule has 1 aliphatic rings. The number of benzene rings is 1. The van der Waals surface area contributed by atoms with Gasteiger partial charge in [-0.1, -0.05) is 17.7 Å². The van der Waals surface area contributed by atoms with E-state index in [1.807, 2.05) is 0 Å². The predicted molar refractivity (Wildman–Crippen MR) is 89.5 cm³/mol. The van der Waals surface area contributed by atoms with Crippen molar-refractivity contribution in [3.63, 3.8) is 0 Å². The maximum atomic E-state index is 13.7. The molecule has 2 rings (SSSR count). The minimum atomic E-state index is -0.945. The summed E-state index contributed by atoms with van der Waals surface area (Å²) in [6.45, 7) is -0.0289. The number of hydrogen-bond acceptors (Lipinski definition) is 3. The van der Waals surface area contributed by atoms with Crippen LogP contribution >= 0.6 is 11.6 Å². The number of halogens is 2. The molecule has 136 valence electrons. The van der Waals surface area contributed by atoms with Crippen LogP contribution in [0.25, 0.3) is 0 Å². The van der Waals surface area contributed by atoms with Crippen molar-refractivity contribution in [2.24, 2.45) is 0 Å². The van der Waals surface area contributed by atoms with Crippen molar-refractivity contribution in [1.29, 1.82) is 0 Å². The van der Waals surface area contributed by atoms with Gasteiger partial charge >= 0.3 is 5.97 Å². The Kier molecular flexibility index (Phi) is 6.36. The van der Waals surface area contributed by atoms with Crippen LogP contribution in [0.4, 0.5) is 4.39 Å². The standard InChI is InChI=1S/C17H20ClFN2O4/c18-12-2-1-3-13(19)11(12)10-20-14(22)4-7-17(9-6-16(24)25)8-5-15(23)21-17/h1-3H,4-10H2,(H,20,22)(H,21,23)(H,24,25). The number of hydrogen-bond donors (Lipinski definition) is 3. The minimum absolute atomic E-state index is 0.0289. The molecule has 25 heavy (non-hydrogen) atoms. The lowest BCUT2D eigenvalue weighted by molar-refractivity contribution is -0.137. The van der Waals surface area contributed by atoms with E-state index in [1.54, 1.807) is 6.07 Å². The second-order valence-electron chi connectivity index (χ2n) is 6.20. The van der Waals surface area contributed by atoms with Gasteiger partial charge in [-0.3, -0.25) is 14.4 Å². The summed E-state index contributed by atoms with van der Waals surface area (Å²) in [4.78, 5) is 34.4. The summed E-state index contributed by atoms with van der Waals surface area (Å²) in [5, 5.41) is 14.5. The van der Waals surface area contributed by atoms with Gasteiger partial charge in [-0.2, -0.15) is 0 Å². The van der Waals surface area contributed by atoms with Crippen LogP contribution in [0, 0.1) is 5.82 Å². The molecule has 1 atom stereocenters. The van der Waals surface area contributed by atoms with Crippen molar-refractivity contribution in [3.8, 4) is 0 Å². The van der Waals surface area contributed by atoms with E-state index in [-0.39, 0.29) is 48.2 Å². The molecule has 0 aromatic heterocycles. The summed E-state index contributed by atoms with van der Waals surface area (Å²) in [5.74, 6) is -1.88. The van der Waals surface area contributed by atoms with Gasteiger partial charge in [0, 0.05) is 41.9 Å². The van der Waals surface area contributed by atoms with E-state index in [4.69, 9.17) is 16.7 Å². The monoisotopic (exact) mass is 370 g/mol. The Morgan fingerprint density at radius 2 is 2.04 bits per heavy atom. The molecule has 1 aromatic carbocycles. The Morgan fingerprint density at radius 3 is 2.64 bits per heavy atom. The quantitative estimate of drug-likeness (QED) is 0.654. The highest BCUT2D eigenvalue weighted by atomic mass is 35.5. The summed E-state index contributed by atoms with van der Waals surface area (Å²) in [6.07, 6.45) is 1.47. The van der Waals surface area contributed by atoms with Crippen LogP contribution in [0.2, 0.25) is 5.02 Å². The van der Waals surface area contributed by atoms with E-state index in [2.05, 4.69) is 10.6 Å². The molecule has 6 nitrogen and oxygen atoms in total. The normalized spacial score (nSPS) is 19.5. The Labute approximate surface area is 149 Å². The SMILES string of the molecule is O=C(O)CCC1(CCC(=O)NCc2c(F)cccc2Cl)CCC(=O)N1. The fourth-order valence-electron chi connectivity index (χ4n) is 2.95. The summed E-state index contributed by atoms with van der Waals surface area (Å²) in [6, 6.07) is 4.29. The lowest BCUT2D eigenvalue weighted by atomic mass is 9.86. The van der Waals surface area contributed by atoms with Gasteiger partial charge in [-0.15, -0.1) is 0 Å². The van der Waals surface area contributed by atoms with E-state index in [1.165, 1.54) is 12.1 Å². The summed E-state index contributed by atoms with van der Waals surface area (Å²) >= 11 is 5.91. The van der Waals surface area contributed by atoms with E-state index in [9.17, 15) is 18.8 Å². The van der Waals surface area contributed by atoms with Crippen LogP contribution in [0.3, 0.4) is 0 Å². The first-order valence-corrected chi connectivity index (χ1v) is 8.41. The fraction of sp³-hybridized carbons (Fsp3) is 0.471. The zero-order chi connectivity index (χ0) is 18.4. The zero-order valence-corrected chi connectivity index (χ0v) is 14.4. The van der Waals surface area contributed by atoms with Crippen molar-refractivity contribution < 1.29 is 23.9 Å². The van der Waals surface area contributed by atoms with Crippen LogP contribution in [0.15, 0.2) is 18.2 Å². The lowest BCUT2D eigenvalue weighted by Gasteiger charge is -2.28. The third-order valence-corrected chi connectivity index (χ3v) is 4.76. The topological polar surface area (TPSA) is 95.5 Å². The van der Waals surface area contributed by atoms with Crippen LogP contribution in [-0.4, -0.2) is 28.4 Å². The molecule has 0 aliphatic carbocycles. The summed E-state index contributed by atoms with van der Waals surface area (Å²) in [5.41, 5.74) is -0.449. The molecular formula is C17H20ClFN2O4. The maximum absolute atomic E-state index is 13.7. The van der Waals surface area contributed by atoms with Gasteiger partial charge in [0.25, 0.3) is 0 Å². The molecule has 0 radical (unpaired) electrons. The molecule has 1 saturated heterocycles. The number of carboxylic acid groups (broad SMARTS) is 1. The van der Waals surface area contributed by atoms with E-state index < -0.39 is 17.3 Å². The Morgan fingerprint density at radius 1 is 1.32 bits per heavy atom. The highest BCUT2D eigenvalue weighted by molar-refractivity contribution is 6.31. The van der Waals surface area contributed by atoms with Crippen molar-refractivity contribution in [2.45, 2.75) is 50.6 Å². The molecular weight excluding hydrogens is 351 g/mol. The van der Waals surface area contributed by atoms with Crippen molar-refractivity contribution in [3.05, 3.63) is 34.6 Å². The van der Waals surface area contributed by atoms with E-state index in [0.717, 1.165) is 0 Å². The molecule has 1 aliphatic heterocycles. The molecule has 2 amide bonds. The smallest absolute Gasteiger partial charge is 0.303 e. The van der Waals surface area contributed by atoms with Crippen LogP contribution in [0.5, 0.6) is 0 Å². The number of carbonyl (C=O) groups is 3. The second-order valence-corrected chi connectivity index (χ2v) is 6.61.